The van der Waals surface area contributed by atoms with Gasteiger partial charge >= 0.3 is 6.18 Å². The van der Waals surface area contributed by atoms with E-state index in [0.717, 1.165) is 31.6 Å². The number of allylic oxidation sites excluding steroid dienone is 3. The zero-order valence-electron chi connectivity index (χ0n) is 20.5. The number of pyridine rings is 1. The number of anilines is 3. The summed E-state index contributed by atoms with van der Waals surface area (Å²) in [7, 11) is 4.21. The third kappa shape index (κ3) is 6.49. The molecule has 2 aromatic heterocycles. The van der Waals surface area contributed by atoms with Crippen LogP contribution in [0.3, 0.4) is 0 Å². The fraction of sp³-hybridized carbons (Fsp3) is 0.458. The molecular weight excluding hydrogens is 457 g/mol. The second-order valence-corrected chi connectivity index (χ2v) is 9.04. The molecule has 1 saturated heterocycles. The molecule has 2 aromatic rings. The molecule has 0 radical (unpaired) electrons. The fourth-order valence-corrected chi connectivity index (χ4v) is 4.08. The third-order valence-corrected chi connectivity index (χ3v) is 6.11. The molecule has 0 atom stereocenters. The Kier molecular flexibility index (Phi) is 8.34. The van der Waals surface area contributed by atoms with Gasteiger partial charge in [-0.25, -0.2) is 15.0 Å². The maximum atomic E-state index is 13.6. The van der Waals surface area contributed by atoms with Crippen LogP contribution in [-0.4, -0.2) is 59.3 Å². The van der Waals surface area contributed by atoms with Crippen molar-refractivity contribution in [2.45, 2.75) is 38.9 Å². The van der Waals surface area contributed by atoms with Crippen LogP contribution in [0, 0.1) is 5.92 Å². The SMILES string of the molecule is C=C(/C(=C(\NN)C(C)C)c1ccnc(Nc2ccc(N3CCC(N(C)C)CC3)cn2)n1)C(F)(F)F. The van der Waals surface area contributed by atoms with Gasteiger partial charge in [-0.15, -0.1) is 0 Å². The molecule has 35 heavy (non-hydrogen) atoms. The van der Waals surface area contributed by atoms with Crippen molar-refractivity contribution in [1.82, 2.24) is 25.3 Å². The summed E-state index contributed by atoms with van der Waals surface area (Å²) in [6.07, 6.45) is 0.676. The van der Waals surface area contributed by atoms with Crippen LogP contribution < -0.4 is 21.5 Å². The average molecular weight is 491 g/mol. The van der Waals surface area contributed by atoms with E-state index in [0.29, 0.717) is 11.9 Å². The van der Waals surface area contributed by atoms with Crippen LogP contribution in [0.5, 0.6) is 0 Å². The van der Waals surface area contributed by atoms with Crippen LogP contribution in [0.4, 0.5) is 30.6 Å². The Balaban J connectivity index is 1.80. The van der Waals surface area contributed by atoms with E-state index in [-0.39, 0.29) is 28.8 Å². The number of hydrogen-bond acceptors (Lipinski definition) is 8. The largest absolute Gasteiger partial charge is 0.416 e. The van der Waals surface area contributed by atoms with E-state index < -0.39 is 11.7 Å². The van der Waals surface area contributed by atoms with Gasteiger partial charge in [0.05, 0.1) is 23.2 Å². The molecule has 0 aromatic carbocycles. The number of nitrogens with one attached hydrogen (secondary N) is 2. The van der Waals surface area contributed by atoms with E-state index in [9.17, 15) is 13.2 Å². The highest BCUT2D eigenvalue weighted by Crippen LogP contribution is 2.37. The van der Waals surface area contributed by atoms with E-state index in [1.54, 1.807) is 26.1 Å². The average Bonchev–Trinajstić information content (AvgIpc) is 2.82. The van der Waals surface area contributed by atoms with Gasteiger partial charge in [-0.1, -0.05) is 20.4 Å². The highest BCUT2D eigenvalue weighted by molar-refractivity contribution is 5.80. The van der Waals surface area contributed by atoms with Gasteiger partial charge in [0.15, 0.2) is 0 Å². The Morgan fingerprint density at radius 2 is 1.86 bits per heavy atom. The van der Waals surface area contributed by atoms with Crippen LogP contribution >= 0.6 is 0 Å². The van der Waals surface area contributed by atoms with Crippen LogP contribution in [0.25, 0.3) is 5.57 Å². The normalized spacial score (nSPS) is 15.9. The third-order valence-electron chi connectivity index (χ3n) is 6.11. The lowest BCUT2D eigenvalue weighted by atomic mass is 9.95. The smallest absolute Gasteiger partial charge is 0.370 e. The summed E-state index contributed by atoms with van der Waals surface area (Å²) in [5.74, 6) is 5.83. The van der Waals surface area contributed by atoms with Gasteiger partial charge in [-0.2, -0.15) is 13.2 Å². The first-order valence-electron chi connectivity index (χ1n) is 11.5. The number of hydrogen-bond donors (Lipinski definition) is 3. The molecule has 0 amide bonds. The maximum Gasteiger partial charge on any atom is 0.416 e. The molecule has 0 saturated carbocycles. The fourth-order valence-electron chi connectivity index (χ4n) is 4.08. The van der Waals surface area contributed by atoms with Crippen molar-refractivity contribution in [3.05, 3.63) is 54.1 Å². The number of hydrazine groups is 1. The molecule has 0 unspecified atom stereocenters. The van der Waals surface area contributed by atoms with E-state index in [1.807, 2.05) is 6.07 Å². The molecule has 3 heterocycles. The van der Waals surface area contributed by atoms with Crippen molar-refractivity contribution in [2.24, 2.45) is 11.8 Å². The Labute approximate surface area is 204 Å². The van der Waals surface area contributed by atoms with Gasteiger partial charge in [-0.05, 0) is 51.1 Å². The highest BCUT2D eigenvalue weighted by Gasteiger charge is 2.37. The number of piperidine rings is 1. The van der Waals surface area contributed by atoms with Crippen molar-refractivity contribution in [3.63, 3.8) is 0 Å². The lowest BCUT2D eigenvalue weighted by Gasteiger charge is -2.36. The van der Waals surface area contributed by atoms with Gasteiger partial charge in [0.2, 0.25) is 5.95 Å². The zero-order chi connectivity index (χ0) is 25.8. The van der Waals surface area contributed by atoms with Gasteiger partial charge in [0, 0.05) is 36.6 Å². The first-order chi connectivity index (χ1) is 16.5. The number of rotatable bonds is 8. The Hall–Kier alpha value is -3.18. The zero-order valence-corrected chi connectivity index (χ0v) is 20.5. The molecular formula is C24H33F3N8. The molecule has 4 N–H and O–H groups in total. The summed E-state index contributed by atoms with van der Waals surface area (Å²) in [4.78, 5) is 17.4. The van der Waals surface area contributed by atoms with Gasteiger partial charge < -0.3 is 20.5 Å². The van der Waals surface area contributed by atoms with Crippen LogP contribution in [0.2, 0.25) is 0 Å². The van der Waals surface area contributed by atoms with Crippen molar-refractivity contribution in [1.29, 1.82) is 0 Å². The Bertz CT molecular complexity index is 1040. The number of nitrogens with two attached hydrogens (primary N) is 1. The molecule has 190 valence electrons. The van der Waals surface area contributed by atoms with Crippen molar-refractivity contribution < 1.29 is 13.2 Å². The van der Waals surface area contributed by atoms with Gasteiger partial charge in [0.1, 0.15) is 5.82 Å². The maximum absolute atomic E-state index is 13.6. The van der Waals surface area contributed by atoms with Crippen LogP contribution in [0.1, 0.15) is 32.4 Å². The predicted octanol–water partition coefficient (Wildman–Crippen LogP) is 4.09. The number of nitrogens with zero attached hydrogens (tertiary/aromatic N) is 5. The minimum absolute atomic E-state index is 0.0480. The van der Waals surface area contributed by atoms with E-state index in [2.05, 4.69) is 56.2 Å². The monoisotopic (exact) mass is 490 g/mol. The number of halogens is 3. The Morgan fingerprint density at radius 1 is 1.17 bits per heavy atom. The summed E-state index contributed by atoms with van der Waals surface area (Å²) in [6.45, 7) is 8.62. The standard InChI is InChI=1S/C24H33F3N8/c1-15(2)22(33-28)21(16(3)24(25,26)27)19-8-11-29-23(31-19)32-20-7-6-18(14-30-20)35-12-9-17(10-13-35)34(4)5/h6-8,11,14-15,17,33H,3,9-10,12-13,28H2,1-2,4-5H3,(H,29,30,31,32)/b22-21+. The molecule has 0 spiro atoms. The van der Waals surface area contributed by atoms with Crippen molar-refractivity contribution in [2.75, 3.05) is 37.4 Å². The molecule has 11 heteroatoms. The lowest BCUT2D eigenvalue weighted by molar-refractivity contribution is -0.0868. The summed E-state index contributed by atoms with van der Waals surface area (Å²) in [5, 5.41) is 2.97. The first kappa shape index (κ1) is 26.4. The number of aromatic nitrogens is 3. The highest BCUT2D eigenvalue weighted by atomic mass is 19.4. The summed E-state index contributed by atoms with van der Waals surface area (Å²) in [5.41, 5.74) is 2.39. The second-order valence-electron chi connectivity index (χ2n) is 9.04. The topological polar surface area (TPSA) is 95.2 Å². The molecule has 0 bridgehead atoms. The predicted molar refractivity (Wildman–Crippen MR) is 133 cm³/mol. The molecule has 1 aliphatic rings. The summed E-state index contributed by atoms with van der Waals surface area (Å²) in [6, 6.07) is 5.74. The van der Waals surface area contributed by atoms with Crippen LogP contribution in [0.15, 0.2) is 48.4 Å². The van der Waals surface area contributed by atoms with E-state index in [1.165, 1.54) is 12.3 Å². The minimum atomic E-state index is -4.65. The quantitative estimate of drug-likeness (QED) is 0.289. The summed E-state index contributed by atoms with van der Waals surface area (Å²) >= 11 is 0. The Morgan fingerprint density at radius 3 is 2.37 bits per heavy atom. The van der Waals surface area contributed by atoms with Gasteiger partial charge in [-0.3, -0.25) is 5.84 Å². The van der Waals surface area contributed by atoms with E-state index >= 15 is 0 Å². The summed E-state index contributed by atoms with van der Waals surface area (Å²) < 4.78 is 40.7. The van der Waals surface area contributed by atoms with Crippen molar-refractivity contribution in [3.8, 4) is 0 Å². The second kappa shape index (κ2) is 11.0. The molecule has 0 aliphatic carbocycles. The van der Waals surface area contributed by atoms with Gasteiger partial charge in [0.25, 0.3) is 0 Å². The van der Waals surface area contributed by atoms with E-state index in [4.69, 9.17) is 5.84 Å². The molecule has 1 aliphatic heterocycles. The minimum Gasteiger partial charge on any atom is -0.370 e. The van der Waals surface area contributed by atoms with Crippen LogP contribution in [-0.2, 0) is 0 Å². The van der Waals surface area contributed by atoms with Crippen molar-refractivity contribution >= 4 is 23.0 Å². The number of alkyl halides is 3. The molecule has 8 nitrogen and oxygen atoms in total. The molecule has 3 rings (SSSR count). The molecule has 1 fully saturated rings. The lowest BCUT2D eigenvalue weighted by Crippen LogP contribution is -2.42. The first-order valence-corrected chi connectivity index (χ1v) is 11.5.